The molecule has 8 heteroatoms. The predicted molar refractivity (Wildman–Crippen MR) is 118 cm³/mol. The normalized spacial score (nSPS) is 15.2. The summed E-state index contributed by atoms with van der Waals surface area (Å²) >= 11 is 0. The first-order valence-electron chi connectivity index (χ1n) is 9.63. The van der Waals surface area contributed by atoms with Crippen LogP contribution in [0.25, 0.3) is 22.6 Å². The molecule has 0 atom stereocenters. The maximum absolute atomic E-state index is 12.6. The number of rotatable bonds is 6. The molecule has 1 aliphatic heterocycles. The Kier molecular flexibility index (Phi) is 5.23. The van der Waals surface area contributed by atoms with Crippen LogP contribution in [0.5, 0.6) is 0 Å². The molecule has 0 fully saturated rings. The first-order chi connectivity index (χ1) is 14.2. The largest absolute Gasteiger partial charge is 0.355 e. The molecule has 2 heterocycles. The average molecular weight is 426 g/mol. The highest BCUT2D eigenvalue weighted by atomic mass is 32.2. The number of carbonyl (C=O) groups is 1. The Morgan fingerprint density at radius 1 is 1.13 bits per heavy atom. The third kappa shape index (κ3) is 3.89. The molecule has 1 aliphatic rings. The molecule has 30 heavy (non-hydrogen) atoms. The van der Waals surface area contributed by atoms with Crippen LogP contribution in [-0.4, -0.2) is 49.4 Å². The molecule has 7 nitrogen and oxygen atoms in total. The standard InChI is InChI=1S/C22H23N3O4S/c1-25(2)11-5-7-16-15-6-3-4-8-19(15)23-21(16)13-18-17-12-14(30(27,28)29)9-10-20(17)24-22(18)26/h3-4,6,8-10,12-13,23H,5,7,11H2,1-2H3,(H,24,26)(H,27,28,29). The summed E-state index contributed by atoms with van der Waals surface area (Å²) in [5, 5.41) is 3.86. The minimum absolute atomic E-state index is 0.244. The van der Waals surface area contributed by atoms with Gasteiger partial charge in [0.1, 0.15) is 0 Å². The lowest BCUT2D eigenvalue weighted by atomic mass is 10.0. The summed E-state index contributed by atoms with van der Waals surface area (Å²) in [5.41, 5.74) is 4.25. The van der Waals surface area contributed by atoms with Crippen LogP contribution in [0.4, 0.5) is 5.69 Å². The molecular formula is C22H23N3O4S. The Hall–Kier alpha value is -2.94. The molecule has 0 unspecified atom stereocenters. The van der Waals surface area contributed by atoms with Crippen LogP contribution >= 0.6 is 0 Å². The van der Waals surface area contributed by atoms with Gasteiger partial charge in [0.15, 0.2) is 0 Å². The predicted octanol–water partition coefficient (Wildman–Crippen LogP) is 3.40. The Labute approximate surface area is 175 Å². The van der Waals surface area contributed by atoms with Crippen molar-refractivity contribution in [3.8, 4) is 0 Å². The maximum Gasteiger partial charge on any atom is 0.294 e. The van der Waals surface area contributed by atoms with Crippen LogP contribution in [0.15, 0.2) is 47.4 Å². The van der Waals surface area contributed by atoms with Gasteiger partial charge < -0.3 is 15.2 Å². The van der Waals surface area contributed by atoms with Gasteiger partial charge in [-0.1, -0.05) is 18.2 Å². The van der Waals surface area contributed by atoms with Gasteiger partial charge in [-0.15, -0.1) is 0 Å². The van der Waals surface area contributed by atoms with Crippen LogP contribution in [0, 0.1) is 0 Å². The van der Waals surface area contributed by atoms with Crippen molar-refractivity contribution in [2.45, 2.75) is 17.7 Å². The van der Waals surface area contributed by atoms with Gasteiger partial charge in [-0.2, -0.15) is 8.42 Å². The molecule has 3 aromatic rings. The van der Waals surface area contributed by atoms with Crippen LogP contribution in [0.2, 0.25) is 0 Å². The third-order valence-electron chi connectivity index (χ3n) is 5.24. The number of H-pyrrole nitrogens is 1. The highest BCUT2D eigenvalue weighted by Gasteiger charge is 2.27. The van der Waals surface area contributed by atoms with E-state index in [1.54, 1.807) is 6.08 Å². The minimum Gasteiger partial charge on any atom is -0.355 e. The first-order valence-corrected chi connectivity index (χ1v) is 11.1. The Morgan fingerprint density at radius 2 is 1.90 bits per heavy atom. The number of aryl methyl sites for hydroxylation is 1. The third-order valence-corrected chi connectivity index (χ3v) is 6.09. The molecule has 3 N–H and O–H groups in total. The summed E-state index contributed by atoms with van der Waals surface area (Å²) in [6.07, 6.45) is 3.56. The molecule has 0 radical (unpaired) electrons. The number of para-hydroxylation sites is 1. The van der Waals surface area contributed by atoms with Gasteiger partial charge in [0.2, 0.25) is 0 Å². The second kappa shape index (κ2) is 7.71. The molecule has 0 aliphatic carbocycles. The summed E-state index contributed by atoms with van der Waals surface area (Å²) < 4.78 is 32.5. The topological polar surface area (TPSA) is 102 Å². The number of hydrogen-bond acceptors (Lipinski definition) is 4. The van der Waals surface area contributed by atoms with Gasteiger partial charge in [0.05, 0.1) is 10.5 Å². The molecule has 0 spiro atoms. The van der Waals surface area contributed by atoms with E-state index in [1.165, 1.54) is 18.2 Å². The smallest absolute Gasteiger partial charge is 0.294 e. The maximum atomic E-state index is 12.6. The van der Waals surface area contributed by atoms with Gasteiger partial charge in [-0.05, 0) is 69.4 Å². The van der Waals surface area contributed by atoms with Crippen LogP contribution < -0.4 is 5.32 Å². The Morgan fingerprint density at radius 3 is 2.63 bits per heavy atom. The number of benzene rings is 2. The van der Waals surface area contributed by atoms with Crippen molar-refractivity contribution in [1.29, 1.82) is 0 Å². The summed E-state index contributed by atoms with van der Waals surface area (Å²) in [5.74, 6) is -0.310. The molecule has 1 aromatic heterocycles. The Bertz CT molecular complexity index is 1270. The van der Waals surface area contributed by atoms with Crippen molar-refractivity contribution in [1.82, 2.24) is 9.88 Å². The van der Waals surface area contributed by atoms with E-state index in [0.29, 0.717) is 16.8 Å². The van der Waals surface area contributed by atoms with E-state index in [9.17, 15) is 17.8 Å². The van der Waals surface area contributed by atoms with Crippen molar-refractivity contribution >= 4 is 44.3 Å². The number of fused-ring (bicyclic) bond motifs is 2. The van der Waals surface area contributed by atoms with Gasteiger partial charge in [0.25, 0.3) is 16.0 Å². The first kappa shape index (κ1) is 20.3. The number of anilines is 1. The number of carbonyl (C=O) groups excluding carboxylic acids is 1. The molecule has 2 aromatic carbocycles. The monoisotopic (exact) mass is 425 g/mol. The summed E-state index contributed by atoms with van der Waals surface area (Å²) in [7, 11) is -0.301. The zero-order valence-electron chi connectivity index (χ0n) is 16.8. The van der Waals surface area contributed by atoms with Crippen molar-refractivity contribution in [3.63, 3.8) is 0 Å². The second-order valence-electron chi connectivity index (χ2n) is 7.66. The summed E-state index contributed by atoms with van der Waals surface area (Å²) in [4.78, 5) is 17.9. The fourth-order valence-electron chi connectivity index (χ4n) is 3.80. The number of aromatic amines is 1. The van der Waals surface area contributed by atoms with E-state index in [4.69, 9.17) is 0 Å². The number of amides is 1. The van der Waals surface area contributed by atoms with E-state index in [1.807, 2.05) is 32.3 Å². The van der Waals surface area contributed by atoms with Gasteiger partial charge in [-0.25, -0.2) is 0 Å². The average Bonchev–Trinajstić information content (AvgIpc) is 3.18. The Balaban J connectivity index is 1.81. The number of nitrogens with zero attached hydrogens (tertiary/aromatic N) is 1. The molecule has 4 rings (SSSR count). The fraction of sp³-hybridized carbons (Fsp3) is 0.227. The lowest BCUT2D eigenvalue weighted by Gasteiger charge is -2.09. The second-order valence-corrected chi connectivity index (χ2v) is 9.09. The van der Waals surface area contributed by atoms with E-state index in [-0.39, 0.29) is 10.8 Å². The number of nitrogens with one attached hydrogen (secondary N) is 2. The molecule has 0 saturated heterocycles. The quantitative estimate of drug-likeness (QED) is 0.415. The van der Waals surface area contributed by atoms with Gasteiger partial charge >= 0.3 is 0 Å². The molecule has 1 amide bonds. The highest BCUT2D eigenvalue weighted by molar-refractivity contribution is 7.85. The van der Waals surface area contributed by atoms with E-state index in [0.717, 1.165) is 41.5 Å². The zero-order chi connectivity index (χ0) is 21.5. The molecular weight excluding hydrogens is 402 g/mol. The fourth-order valence-corrected chi connectivity index (χ4v) is 4.31. The highest BCUT2D eigenvalue weighted by Crippen LogP contribution is 2.36. The van der Waals surface area contributed by atoms with Gasteiger partial charge in [0, 0.05) is 27.8 Å². The van der Waals surface area contributed by atoms with Gasteiger partial charge in [-0.3, -0.25) is 9.35 Å². The van der Waals surface area contributed by atoms with Crippen molar-refractivity contribution in [2.75, 3.05) is 26.0 Å². The van der Waals surface area contributed by atoms with Crippen LogP contribution in [0.1, 0.15) is 23.2 Å². The minimum atomic E-state index is -4.37. The number of aromatic nitrogens is 1. The van der Waals surface area contributed by atoms with E-state index < -0.39 is 10.1 Å². The molecule has 156 valence electrons. The number of hydrogen-bond donors (Lipinski definition) is 3. The summed E-state index contributed by atoms with van der Waals surface area (Å²) in [6.45, 7) is 0.941. The lowest BCUT2D eigenvalue weighted by molar-refractivity contribution is -0.110. The zero-order valence-corrected chi connectivity index (χ0v) is 17.6. The van der Waals surface area contributed by atoms with Crippen LogP contribution in [0.3, 0.4) is 0 Å². The van der Waals surface area contributed by atoms with Crippen molar-refractivity contribution in [3.05, 3.63) is 59.3 Å². The molecule has 0 saturated carbocycles. The van der Waals surface area contributed by atoms with E-state index in [2.05, 4.69) is 21.3 Å². The van der Waals surface area contributed by atoms with Crippen molar-refractivity contribution < 1.29 is 17.8 Å². The van der Waals surface area contributed by atoms with E-state index >= 15 is 0 Å². The summed E-state index contributed by atoms with van der Waals surface area (Å²) in [6, 6.07) is 12.1. The SMILES string of the molecule is CN(C)CCCc1c(C=C2C(=O)Nc3ccc(S(=O)(=O)O)cc32)[nH]c2ccccc12. The molecule has 0 bridgehead atoms. The van der Waals surface area contributed by atoms with Crippen molar-refractivity contribution in [2.24, 2.45) is 0 Å². The van der Waals surface area contributed by atoms with Crippen LogP contribution in [-0.2, 0) is 21.3 Å². The lowest BCUT2D eigenvalue weighted by Crippen LogP contribution is -2.13.